The number of ether oxygens (including phenoxy) is 2. The molecular formula is C42H41ClF4N8O5. The van der Waals surface area contributed by atoms with Gasteiger partial charge in [0.25, 0.3) is 11.5 Å². The van der Waals surface area contributed by atoms with Crippen molar-refractivity contribution in [2.45, 2.75) is 78.2 Å². The first-order valence-electron chi connectivity index (χ1n) is 19.2. The van der Waals surface area contributed by atoms with Gasteiger partial charge in [-0.15, -0.1) is 5.10 Å². The molecule has 18 heteroatoms. The third-order valence-electron chi connectivity index (χ3n) is 10.4. The molecule has 314 valence electrons. The molecule has 0 radical (unpaired) electrons. The highest BCUT2D eigenvalue weighted by Gasteiger charge is 2.41. The van der Waals surface area contributed by atoms with Gasteiger partial charge in [-0.1, -0.05) is 54.9 Å². The van der Waals surface area contributed by atoms with E-state index in [1.165, 1.54) is 10.9 Å². The smallest absolute Gasteiger partial charge is 0.419 e. The SMILES string of the molecule is CCc1c(C=C2CN(C(=O)c3ncnc(C)c3OCc3ccccc3)C(C)(C)C2)c(=O)n2nc(C3=CCOCCC3)nc2n1CC(=O)Nc1ccc(C(F)(F)F)c(F)c1Cl. The molecule has 13 nitrogen and oxygen atoms in total. The van der Waals surface area contributed by atoms with Gasteiger partial charge in [0.2, 0.25) is 11.7 Å². The average Bonchev–Trinajstić information content (AvgIpc) is 3.66. The van der Waals surface area contributed by atoms with Crippen LogP contribution in [0.5, 0.6) is 5.75 Å². The lowest BCUT2D eigenvalue weighted by Gasteiger charge is -2.31. The fourth-order valence-electron chi connectivity index (χ4n) is 7.47. The summed E-state index contributed by atoms with van der Waals surface area (Å²) in [5, 5.41) is 6.08. The van der Waals surface area contributed by atoms with Gasteiger partial charge in [0.05, 0.1) is 29.1 Å². The van der Waals surface area contributed by atoms with Crippen molar-refractivity contribution in [3.05, 3.63) is 121 Å². The van der Waals surface area contributed by atoms with Crippen LogP contribution in [0.25, 0.3) is 17.4 Å². The number of fused-ring (bicyclic) bond motifs is 1. The van der Waals surface area contributed by atoms with Gasteiger partial charge in [0.15, 0.2) is 23.1 Å². The molecule has 1 N–H and O–H groups in total. The summed E-state index contributed by atoms with van der Waals surface area (Å²) in [6.45, 7) is 7.99. The molecule has 2 aromatic carbocycles. The van der Waals surface area contributed by atoms with Gasteiger partial charge in [-0.3, -0.25) is 14.4 Å². The zero-order chi connectivity index (χ0) is 42.9. The molecule has 5 aromatic rings. The molecule has 0 atom stereocenters. The van der Waals surface area contributed by atoms with E-state index in [9.17, 15) is 31.9 Å². The Hall–Kier alpha value is -5.94. The molecule has 3 aromatic heterocycles. The number of hydrogen-bond donors (Lipinski definition) is 1. The van der Waals surface area contributed by atoms with Gasteiger partial charge in [-0.05, 0) is 81.4 Å². The Morgan fingerprint density at radius 3 is 2.62 bits per heavy atom. The second-order valence-electron chi connectivity index (χ2n) is 15.1. The van der Waals surface area contributed by atoms with Crippen molar-refractivity contribution in [3.8, 4) is 5.75 Å². The number of anilines is 1. The predicted octanol–water partition coefficient (Wildman–Crippen LogP) is 7.48. The molecule has 0 spiro atoms. The molecule has 2 amide bonds. The third-order valence-corrected chi connectivity index (χ3v) is 10.8. The van der Waals surface area contributed by atoms with Gasteiger partial charge in [0, 0.05) is 24.4 Å². The summed E-state index contributed by atoms with van der Waals surface area (Å²) >= 11 is 5.97. The number of aromatic nitrogens is 6. The van der Waals surface area contributed by atoms with Crippen LogP contribution in [0.15, 0.2) is 65.2 Å². The molecular weight excluding hydrogens is 808 g/mol. The van der Waals surface area contributed by atoms with E-state index in [1.54, 1.807) is 24.8 Å². The molecule has 0 bridgehead atoms. The largest absolute Gasteiger partial charge is 0.485 e. The second-order valence-corrected chi connectivity index (χ2v) is 15.5. The number of carbonyl (C=O) groups is 2. The summed E-state index contributed by atoms with van der Waals surface area (Å²) in [7, 11) is 0. The lowest BCUT2D eigenvalue weighted by atomic mass is 9.98. The minimum atomic E-state index is -5.00. The predicted molar refractivity (Wildman–Crippen MR) is 215 cm³/mol. The zero-order valence-electron chi connectivity index (χ0n) is 33.2. The molecule has 2 aliphatic heterocycles. The van der Waals surface area contributed by atoms with E-state index in [1.807, 2.05) is 50.3 Å². The van der Waals surface area contributed by atoms with Gasteiger partial charge in [-0.25, -0.2) is 14.4 Å². The Morgan fingerprint density at radius 1 is 1.12 bits per heavy atom. The van der Waals surface area contributed by atoms with Crippen molar-refractivity contribution in [1.82, 2.24) is 34.0 Å². The summed E-state index contributed by atoms with van der Waals surface area (Å²) in [4.78, 5) is 57.4. The Kier molecular flexibility index (Phi) is 11.9. The summed E-state index contributed by atoms with van der Waals surface area (Å²) in [5.74, 6) is -2.35. The van der Waals surface area contributed by atoms with Crippen LogP contribution in [0.2, 0.25) is 5.02 Å². The van der Waals surface area contributed by atoms with Crippen LogP contribution in [0, 0.1) is 12.7 Å². The Bertz CT molecular complexity index is 2610. The molecule has 0 saturated carbocycles. The number of amides is 2. The van der Waals surface area contributed by atoms with Crippen LogP contribution in [0.4, 0.5) is 23.2 Å². The molecule has 5 heterocycles. The van der Waals surface area contributed by atoms with Crippen LogP contribution >= 0.6 is 11.6 Å². The fraction of sp³-hybridized carbons (Fsp3) is 0.357. The number of alkyl halides is 3. The summed E-state index contributed by atoms with van der Waals surface area (Å²) in [5.41, 5.74) is 0.332. The molecule has 1 fully saturated rings. The maximum Gasteiger partial charge on any atom is 0.419 e. The number of likely N-dealkylation sites (tertiary alicyclic amines) is 1. The van der Waals surface area contributed by atoms with E-state index in [2.05, 4.69) is 20.4 Å². The Morgan fingerprint density at radius 2 is 1.88 bits per heavy atom. The first-order valence-corrected chi connectivity index (χ1v) is 19.6. The minimum absolute atomic E-state index is 0.0330. The van der Waals surface area contributed by atoms with Gasteiger partial charge in [0.1, 0.15) is 24.5 Å². The lowest BCUT2D eigenvalue weighted by molar-refractivity contribution is -0.140. The zero-order valence-corrected chi connectivity index (χ0v) is 34.0. The van der Waals surface area contributed by atoms with E-state index in [-0.39, 0.29) is 53.9 Å². The summed E-state index contributed by atoms with van der Waals surface area (Å²) in [6, 6.07) is 10.8. The standard InChI is InChI=1S/C42H41ClF4N8O5/c1-5-31-28(18-26-19-41(3,4)54(20-26)39(58)35-36(24(2)48-23-49-35)60-22-25-10-7-6-8-11-25)38(57)55-40(51-37(52-55)27-12-9-16-59-17-15-27)53(31)21-32(56)50-30-14-13-29(42(45,46)47)34(44)33(30)43/h6-8,10-11,13-15,18,23H,5,9,12,16-17,19-22H2,1-4H3,(H,50,56). The average molecular weight is 849 g/mol. The molecule has 0 unspecified atom stereocenters. The number of halogens is 5. The maximum atomic E-state index is 14.7. The van der Waals surface area contributed by atoms with E-state index >= 15 is 0 Å². The first-order chi connectivity index (χ1) is 28.6. The van der Waals surface area contributed by atoms with Crippen molar-refractivity contribution in [2.24, 2.45) is 0 Å². The van der Waals surface area contributed by atoms with E-state index < -0.39 is 52.0 Å². The van der Waals surface area contributed by atoms with Crippen molar-refractivity contribution < 1.29 is 36.6 Å². The lowest BCUT2D eigenvalue weighted by Crippen LogP contribution is -2.43. The van der Waals surface area contributed by atoms with Gasteiger partial charge >= 0.3 is 6.18 Å². The number of hydrogen-bond acceptors (Lipinski definition) is 9. The van der Waals surface area contributed by atoms with E-state index in [0.29, 0.717) is 49.9 Å². The molecule has 0 aliphatic carbocycles. The number of carbonyl (C=O) groups excluding carboxylic acids is 2. The molecule has 7 rings (SSSR count). The van der Waals surface area contributed by atoms with Crippen LogP contribution in [0.1, 0.15) is 84.4 Å². The van der Waals surface area contributed by atoms with Gasteiger partial charge in [-0.2, -0.15) is 22.7 Å². The number of nitrogens with one attached hydrogen (secondary N) is 1. The first kappa shape index (κ1) is 42.2. The number of rotatable bonds is 10. The topological polar surface area (TPSA) is 146 Å². The monoisotopic (exact) mass is 848 g/mol. The van der Waals surface area contributed by atoms with E-state index in [0.717, 1.165) is 27.3 Å². The highest BCUT2D eigenvalue weighted by molar-refractivity contribution is 6.34. The third kappa shape index (κ3) is 8.54. The minimum Gasteiger partial charge on any atom is -0.485 e. The van der Waals surface area contributed by atoms with Crippen LogP contribution in [-0.4, -0.2) is 71.1 Å². The van der Waals surface area contributed by atoms with Gasteiger partial charge < -0.3 is 24.3 Å². The van der Waals surface area contributed by atoms with E-state index in [4.69, 9.17) is 26.1 Å². The van der Waals surface area contributed by atoms with Crippen molar-refractivity contribution in [2.75, 3.05) is 25.1 Å². The van der Waals surface area contributed by atoms with Crippen LogP contribution in [0.3, 0.4) is 0 Å². The highest BCUT2D eigenvalue weighted by Crippen LogP contribution is 2.38. The second kappa shape index (κ2) is 17.0. The molecule has 1 saturated heterocycles. The van der Waals surface area contributed by atoms with Crippen molar-refractivity contribution in [3.63, 3.8) is 0 Å². The highest BCUT2D eigenvalue weighted by atomic mass is 35.5. The fourth-order valence-corrected chi connectivity index (χ4v) is 7.69. The Labute approximate surface area is 346 Å². The number of aryl methyl sites for hydroxylation is 1. The van der Waals surface area contributed by atoms with Crippen LogP contribution in [-0.2, 0) is 35.3 Å². The quantitative estimate of drug-likeness (QED) is 0.141. The number of benzene rings is 2. The maximum absolute atomic E-state index is 14.7. The van der Waals surface area contributed by atoms with Crippen molar-refractivity contribution in [1.29, 1.82) is 0 Å². The molecule has 60 heavy (non-hydrogen) atoms. The normalized spacial score (nSPS) is 16.2. The summed E-state index contributed by atoms with van der Waals surface area (Å²) < 4.78 is 69.0. The molecule has 2 aliphatic rings. The number of allylic oxidation sites excluding steroid dienone is 1. The van der Waals surface area contributed by atoms with Crippen LogP contribution < -0.4 is 15.6 Å². The number of nitrogens with zero attached hydrogens (tertiary/aromatic N) is 7. The van der Waals surface area contributed by atoms with Crippen molar-refractivity contribution >= 4 is 46.5 Å². The Balaban J connectivity index is 1.26. The summed E-state index contributed by atoms with van der Waals surface area (Å²) in [6.07, 6.45) is 1.70.